The molecule has 6 heteroatoms. The molecule has 1 aliphatic heterocycles. The van der Waals surface area contributed by atoms with Gasteiger partial charge in [0.05, 0.1) is 31.9 Å². The molecule has 0 bridgehead atoms. The maximum Gasteiger partial charge on any atom is 0.237 e. The number of morpholine rings is 1. The highest BCUT2D eigenvalue weighted by Crippen LogP contribution is 2.24. The number of nitrogens with zero attached hydrogens (tertiary/aromatic N) is 2. The highest BCUT2D eigenvalue weighted by Gasteiger charge is 2.21. The van der Waals surface area contributed by atoms with Crippen molar-refractivity contribution in [3.8, 4) is 5.88 Å². The Morgan fingerprint density at radius 3 is 3.07 bits per heavy atom. The van der Waals surface area contributed by atoms with Gasteiger partial charge < -0.3 is 14.8 Å². The molecule has 1 unspecified atom stereocenters. The zero-order valence-electron chi connectivity index (χ0n) is 8.90. The first-order chi connectivity index (χ1) is 6.81. The molecule has 5 nitrogen and oxygen atoms in total. The quantitative estimate of drug-likeness (QED) is 0.809. The van der Waals surface area contributed by atoms with Crippen molar-refractivity contribution in [2.45, 2.75) is 6.04 Å². The van der Waals surface area contributed by atoms with E-state index in [4.69, 9.17) is 9.47 Å². The third kappa shape index (κ3) is 2.62. The lowest BCUT2D eigenvalue weighted by Crippen LogP contribution is -2.34. The normalized spacial score (nSPS) is 20.8. The Bertz CT molecular complexity index is 310. The third-order valence-electron chi connectivity index (χ3n) is 2.31. The van der Waals surface area contributed by atoms with E-state index in [0.717, 1.165) is 18.7 Å². The van der Waals surface area contributed by atoms with Crippen LogP contribution in [0, 0.1) is 0 Å². The zero-order valence-corrected chi connectivity index (χ0v) is 9.71. The van der Waals surface area contributed by atoms with Crippen LogP contribution in [-0.4, -0.2) is 36.6 Å². The lowest BCUT2D eigenvalue weighted by molar-refractivity contribution is 0.0760. The van der Waals surface area contributed by atoms with E-state index in [1.165, 1.54) is 0 Å². The predicted octanol–water partition coefficient (Wildman–Crippen LogP) is 0.511. The fourth-order valence-electron chi connectivity index (χ4n) is 1.65. The average Bonchev–Trinajstić information content (AvgIpc) is 2.61. The van der Waals surface area contributed by atoms with Gasteiger partial charge >= 0.3 is 0 Å². The molecule has 1 saturated heterocycles. The first kappa shape index (κ1) is 12.3. The van der Waals surface area contributed by atoms with Crippen molar-refractivity contribution in [3.63, 3.8) is 0 Å². The molecule has 15 heavy (non-hydrogen) atoms. The Morgan fingerprint density at radius 2 is 2.47 bits per heavy atom. The number of aryl methyl sites for hydroxylation is 1. The molecule has 2 rings (SSSR count). The number of hydrogen-bond acceptors (Lipinski definition) is 4. The molecule has 1 aromatic rings. The first-order valence-electron chi connectivity index (χ1n) is 4.70. The van der Waals surface area contributed by atoms with Crippen molar-refractivity contribution in [3.05, 3.63) is 11.8 Å². The number of hydrogen-bond donors (Lipinski definition) is 1. The van der Waals surface area contributed by atoms with Crippen LogP contribution in [0.2, 0.25) is 0 Å². The minimum atomic E-state index is 0. The molecule has 1 fully saturated rings. The van der Waals surface area contributed by atoms with Crippen LogP contribution < -0.4 is 10.1 Å². The van der Waals surface area contributed by atoms with Gasteiger partial charge in [0.15, 0.2) is 0 Å². The Morgan fingerprint density at radius 1 is 1.67 bits per heavy atom. The van der Waals surface area contributed by atoms with Gasteiger partial charge in [-0.15, -0.1) is 17.5 Å². The number of halogens is 1. The van der Waals surface area contributed by atoms with E-state index in [-0.39, 0.29) is 18.4 Å². The fraction of sp³-hybridized carbons (Fsp3) is 0.667. The molecular weight excluding hydrogens is 218 g/mol. The molecule has 2 heterocycles. The monoisotopic (exact) mass is 233 g/mol. The summed E-state index contributed by atoms with van der Waals surface area (Å²) in [5, 5.41) is 7.57. The highest BCUT2D eigenvalue weighted by molar-refractivity contribution is 5.85. The van der Waals surface area contributed by atoms with Crippen molar-refractivity contribution in [1.29, 1.82) is 0 Å². The summed E-state index contributed by atoms with van der Waals surface area (Å²) in [7, 11) is 3.52. The van der Waals surface area contributed by atoms with Gasteiger partial charge in [-0.3, -0.25) is 4.68 Å². The van der Waals surface area contributed by atoms with Gasteiger partial charge in [0.25, 0.3) is 0 Å². The number of aromatic nitrogens is 2. The zero-order chi connectivity index (χ0) is 9.97. The van der Waals surface area contributed by atoms with Gasteiger partial charge in [-0.2, -0.15) is 0 Å². The van der Waals surface area contributed by atoms with Crippen LogP contribution in [-0.2, 0) is 11.8 Å². The summed E-state index contributed by atoms with van der Waals surface area (Å²) in [5.74, 6) is 0.676. The largest absolute Gasteiger partial charge is 0.480 e. The maximum absolute atomic E-state index is 5.39. The van der Waals surface area contributed by atoms with Crippen LogP contribution in [0.3, 0.4) is 0 Å². The predicted molar refractivity (Wildman–Crippen MR) is 58.6 cm³/mol. The SMILES string of the molecule is COc1nn(C)cc1C1COCCN1.Cl. The van der Waals surface area contributed by atoms with E-state index in [9.17, 15) is 0 Å². The maximum atomic E-state index is 5.39. The van der Waals surface area contributed by atoms with Gasteiger partial charge in [0.1, 0.15) is 0 Å². The minimum absolute atomic E-state index is 0. The summed E-state index contributed by atoms with van der Waals surface area (Å²) in [6.07, 6.45) is 1.96. The average molecular weight is 234 g/mol. The molecule has 0 spiro atoms. The van der Waals surface area contributed by atoms with Gasteiger partial charge in [-0.05, 0) is 0 Å². The summed E-state index contributed by atoms with van der Waals surface area (Å²) in [5.41, 5.74) is 1.06. The van der Waals surface area contributed by atoms with E-state index in [2.05, 4.69) is 10.4 Å². The van der Waals surface area contributed by atoms with Crippen LogP contribution in [0.15, 0.2) is 6.20 Å². The molecule has 0 aromatic carbocycles. The summed E-state index contributed by atoms with van der Waals surface area (Å²) in [6.45, 7) is 2.34. The molecule has 0 amide bonds. The number of rotatable bonds is 2. The van der Waals surface area contributed by atoms with Crippen molar-refractivity contribution >= 4 is 12.4 Å². The Labute approximate surface area is 95.2 Å². The number of methoxy groups -OCH3 is 1. The van der Waals surface area contributed by atoms with Crippen LogP contribution in [0.25, 0.3) is 0 Å². The topological polar surface area (TPSA) is 48.3 Å². The van der Waals surface area contributed by atoms with E-state index in [1.54, 1.807) is 11.8 Å². The molecule has 1 aliphatic rings. The molecule has 86 valence electrons. The van der Waals surface area contributed by atoms with Crippen molar-refractivity contribution in [2.24, 2.45) is 7.05 Å². The smallest absolute Gasteiger partial charge is 0.237 e. The molecular formula is C9H16ClN3O2. The van der Waals surface area contributed by atoms with Crippen molar-refractivity contribution < 1.29 is 9.47 Å². The van der Waals surface area contributed by atoms with E-state index >= 15 is 0 Å². The summed E-state index contributed by atoms with van der Waals surface area (Å²) in [6, 6.07) is 0.201. The Balaban J connectivity index is 0.00000112. The fourth-order valence-corrected chi connectivity index (χ4v) is 1.65. The second kappa shape index (κ2) is 5.34. The first-order valence-corrected chi connectivity index (χ1v) is 4.70. The second-order valence-corrected chi connectivity index (χ2v) is 3.35. The lowest BCUT2D eigenvalue weighted by atomic mass is 10.1. The van der Waals surface area contributed by atoms with Gasteiger partial charge in [-0.25, -0.2) is 0 Å². The van der Waals surface area contributed by atoms with E-state index in [1.807, 2.05) is 13.2 Å². The number of ether oxygens (including phenoxy) is 2. The van der Waals surface area contributed by atoms with Gasteiger partial charge in [0.2, 0.25) is 5.88 Å². The van der Waals surface area contributed by atoms with Crippen LogP contribution in [0.4, 0.5) is 0 Å². The van der Waals surface area contributed by atoms with Crippen LogP contribution >= 0.6 is 12.4 Å². The minimum Gasteiger partial charge on any atom is -0.480 e. The molecule has 1 aromatic heterocycles. The number of nitrogens with one attached hydrogen (secondary N) is 1. The van der Waals surface area contributed by atoms with E-state index < -0.39 is 0 Å². The molecule has 0 radical (unpaired) electrons. The molecule has 0 aliphatic carbocycles. The summed E-state index contributed by atoms with van der Waals surface area (Å²) >= 11 is 0. The van der Waals surface area contributed by atoms with Crippen molar-refractivity contribution in [1.82, 2.24) is 15.1 Å². The van der Waals surface area contributed by atoms with Gasteiger partial charge in [-0.1, -0.05) is 0 Å². The van der Waals surface area contributed by atoms with Crippen LogP contribution in [0.1, 0.15) is 11.6 Å². The van der Waals surface area contributed by atoms with Gasteiger partial charge in [0, 0.05) is 19.8 Å². The standard InChI is InChI=1S/C9H15N3O2.ClH/c1-12-5-7(9(11-12)13-2)8-6-14-4-3-10-8;/h5,8,10H,3-4,6H2,1-2H3;1H. The Kier molecular flexibility index (Phi) is 4.38. The highest BCUT2D eigenvalue weighted by atomic mass is 35.5. The molecule has 0 saturated carbocycles. The summed E-state index contributed by atoms with van der Waals surface area (Å²) < 4.78 is 12.3. The van der Waals surface area contributed by atoms with Crippen molar-refractivity contribution in [2.75, 3.05) is 26.9 Å². The Hall–Kier alpha value is -0.780. The van der Waals surface area contributed by atoms with E-state index in [0.29, 0.717) is 12.5 Å². The molecule has 1 N–H and O–H groups in total. The summed E-state index contributed by atoms with van der Waals surface area (Å²) in [4.78, 5) is 0. The molecule has 1 atom stereocenters. The third-order valence-corrected chi connectivity index (χ3v) is 2.31. The lowest BCUT2D eigenvalue weighted by Gasteiger charge is -2.23. The second-order valence-electron chi connectivity index (χ2n) is 3.35. The van der Waals surface area contributed by atoms with Crippen LogP contribution in [0.5, 0.6) is 5.88 Å².